The maximum Gasteiger partial charge on any atom is 0.503 e. The minimum absolute atomic E-state index is 0.528. The van der Waals surface area contributed by atoms with Crippen molar-refractivity contribution in [1.82, 2.24) is 0 Å². The van der Waals surface area contributed by atoms with Gasteiger partial charge in [0.05, 0.1) is 0 Å². The number of hydrogen-bond donors (Lipinski definition) is 1. The number of likely N-dealkylation sites (N-methyl/N-ethyl adjacent to an activating group) is 1. The molecule has 0 spiro atoms. The third kappa shape index (κ3) is 4.27. The molecule has 1 atom stereocenters. The Balaban J connectivity index is 0.000000317. The molecule has 4 nitrogen and oxygen atoms in total. The highest BCUT2D eigenvalue weighted by atomic mass is 127. The van der Waals surface area contributed by atoms with E-state index in [0.29, 0.717) is 6.04 Å². The SMILES string of the molecule is CCN1c2ccccc2C=CC1C.[O-][I+2]([O-])O. The van der Waals surface area contributed by atoms with E-state index in [2.05, 4.69) is 55.2 Å². The van der Waals surface area contributed by atoms with Crippen LogP contribution in [0.25, 0.3) is 6.08 Å². The molecule has 1 aromatic carbocycles. The summed E-state index contributed by atoms with van der Waals surface area (Å²) in [6, 6.07) is 9.08. The molecule has 17 heavy (non-hydrogen) atoms. The van der Waals surface area contributed by atoms with E-state index in [-0.39, 0.29) is 0 Å². The number of rotatable bonds is 1. The van der Waals surface area contributed by atoms with Gasteiger partial charge in [-0.3, -0.25) is 0 Å². The largest absolute Gasteiger partial charge is 0.503 e. The van der Waals surface area contributed by atoms with Crippen molar-refractivity contribution in [3.8, 4) is 0 Å². The van der Waals surface area contributed by atoms with Crippen LogP contribution in [0.15, 0.2) is 30.3 Å². The second-order valence-corrected chi connectivity index (χ2v) is 4.79. The Morgan fingerprint density at radius 3 is 2.53 bits per heavy atom. The summed E-state index contributed by atoms with van der Waals surface area (Å²) >= 11 is -3.76. The zero-order chi connectivity index (χ0) is 12.8. The molecule has 94 valence electrons. The molecule has 0 amide bonds. The molecule has 1 aliphatic heterocycles. The average Bonchev–Trinajstić information content (AvgIpc) is 2.28. The Morgan fingerprint density at radius 1 is 1.35 bits per heavy atom. The molecule has 1 aromatic rings. The van der Waals surface area contributed by atoms with Crippen molar-refractivity contribution < 1.29 is 31.4 Å². The van der Waals surface area contributed by atoms with Crippen LogP contribution < -0.4 is 32.8 Å². The number of fused-ring (bicyclic) bond motifs is 1. The van der Waals surface area contributed by atoms with Crippen molar-refractivity contribution in [3.63, 3.8) is 0 Å². The first-order chi connectivity index (χ1) is 8.06. The molecule has 2 rings (SSSR count). The topological polar surface area (TPSA) is 69.6 Å². The van der Waals surface area contributed by atoms with E-state index in [4.69, 9.17) is 10.3 Å². The van der Waals surface area contributed by atoms with Crippen LogP contribution in [0.5, 0.6) is 0 Å². The summed E-state index contributed by atoms with van der Waals surface area (Å²) in [4.78, 5) is 2.41. The summed E-state index contributed by atoms with van der Waals surface area (Å²) in [6.07, 6.45) is 4.47. The number of para-hydroxylation sites is 1. The molecule has 0 aromatic heterocycles. The lowest BCUT2D eigenvalue weighted by atomic mass is 10.0. The van der Waals surface area contributed by atoms with Crippen LogP contribution in [0.2, 0.25) is 0 Å². The Kier molecular flexibility index (Phi) is 5.90. The first kappa shape index (κ1) is 14.4. The third-order valence-corrected chi connectivity index (χ3v) is 2.63. The van der Waals surface area contributed by atoms with Crippen molar-refractivity contribution in [2.75, 3.05) is 11.4 Å². The Bertz CT molecular complexity index is 379. The lowest BCUT2D eigenvalue weighted by Gasteiger charge is -2.32. The van der Waals surface area contributed by atoms with Crippen LogP contribution in [0, 0.1) is 0 Å². The molecular weight excluding hydrogens is 333 g/mol. The fourth-order valence-electron chi connectivity index (χ4n) is 1.91. The van der Waals surface area contributed by atoms with Gasteiger partial charge in [0.25, 0.3) is 0 Å². The number of halogens is 1. The number of nitrogens with zero attached hydrogens (tertiary/aromatic N) is 1. The first-order valence-electron chi connectivity index (χ1n) is 5.34. The van der Waals surface area contributed by atoms with E-state index in [9.17, 15) is 0 Å². The van der Waals surface area contributed by atoms with E-state index in [1.165, 1.54) is 11.3 Å². The highest BCUT2D eigenvalue weighted by Crippen LogP contribution is 2.27. The lowest BCUT2D eigenvalue weighted by Crippen LogP contribution is -3.98. The maximum absolute atomic E-state index is 8.68. The Morgan fingerprint density at radius 2 is 1.94 bits per heavy atom. The van der Waals surface area contributed by atoms with Crippen molar-refractivity contribution in [3.05, 3.63) is 35.9 Å². The van der Waals surface area contributed by atoms with Gasteiger partial charge in [0.1, 0.15) is 0 Å². The predicted molar refractivity (Wildman–Crippen MR) is 60.2 cm³/mol. The number of anilines is 1. The standard InChI is InChI=1S/C12H15N.HIO3/c1-3-13-10(2)8-9-11-6-4-5-7-12(11)13;2-1(3)4/h4-10H,3H2,1-2H3;2H. The van der Waals surface area contributed by atoms with E-state index in [0.717, 1.165) is 6.54 Å². The lowest BCUT2D eigenvalue weighted by molar-refractivity contribution is -1.63. The van der Waals surface area contributed by atoms with E-state index >= 15 is 0 Å². The smallest absolute Gasteiger partial charge is 0.396 e. The van der Waals surface area contributed by atoms with Gasteiger partial charge in [-0.25, -0.2) is 0 Å². The molecule has 1 N–H and O–H groups in total. The van der Waals surface area contributed by atoms with Gasteiger partial charge in [0, 0.05) is 18.3 Å². The minimum atomic E-state index is -3.76. The summed E-state index contributed by atoms with van der Waals surface area (Å²) in [6.45, 7) is 5.50. The normalized spacial score (nSPS) is 17.5. The van der Waals surface area contributed by atoms with Crippen molar-refractivity contribution in [2.45, 2.75) is 19.9 Å². The quantitative estimate of drug-likeness (QED) is 0.549. The Hall–Kier alpha value is -0.630. The Labute approximate surface area is 110 Å². The van der Waals surface area contributed by atoms with Crippen LogP contribution in [-0.4, -0.2) is 16.0 Å². The van der Waals surface area contributed by atoms with Gasteiger partial charge >= 0.3 is 21.1 Å². The molecular formula is C12H16INO3. The van der Waals surface area contributed by atoms with Gasteiger partial charge in [-0.2, -0.15) is 0 Å². The van der Waals surface area contributed by atoms with Gasteiger partial charge in [-0.05, 0) is 28.9 Å². The van der Waals surface area contributed by atoms with Gasteiger partial charge in [-0.15, -0.1) is 0 Å². The van der Waals surface area contributed by atoms with E-state index < -0.39 is 21.1 Å². The molecule has 1 aliphatic rings. The molecule has 5 heteroatoms. The highest BCUT2D eigenvalue weighted by Gasteiger charge is 2.15. The van der Waals surface area contributed by atoms with Crippen molar-refractivity contribution in [2.24, 2.45) is 0 Å². The summed E-state index contributed by atoms with van der Waals surface area (Å²) < 4.78 is 24.5. The van der Waals surface area contributed by atoms with Gasteiger partial charge in [0.15, 0.2) is 0 Å². The second-order valence-electron chi connectivity index (χ2n) is 3.65. The molecule has 0 saturated carbocycles. The molecule has 1 heterocycles. The highest BCUT2D eigenvalue weighted by molar-refractivity contribution is 5.71. The van der Waals surface area contributed by atoms with Crippen LogP contribution in [0.4, 0.5) is 5.69 Å². The summed E-state index contributed by atoms with van der Waals surface area (Å²) in [7, 11) is 0. The third-order valence-electron chi connectivity index (χ3n) is 2.63. The van der Waals surface area contributed by atoms with Crippen LogP contribution in [-0.2, 0) is 0 Å². The summed E-state index contributed by atoms with van der Waals surface area (Å²) in [5, 5.41) is 0. The maximum atomic E-state index is 8.68. The van der Waals surface area contributed by atoms with Gasteiger partial charge in [-0.1, -0.05) is 30.4 Å². The molecule has 0 fully saturated rings. The van der Waals surface area contributed by atoms with Crippen LogP contribution in [0.1, 0.15) is 19.4 Å². The first-order valence-corrected chi connectivity index (χ1v) is 8.07. The summed E-state index contributed by atoms with van der Waals surface area (Å²) in [5.41, 5.74) is 2.70. The van der Waals surface area contributed by atoms with Gasteiger partial charge < -0.3 is 11.8 Å². The van der Waals surface area contributed by atoms with E-state index in [1.54, 1.807) is 0 Å². The van der Waals surface area contributed by atoms with Crippen molar-refractivity contribution >= 4 is 11.8 Å². The number of hydrogen-bond acceptors (Lipinski definition) is 4. The second kappa shape index (κ2) is 6.95. The molecule has 1 unspecified atom stereocenters. The zero-order valence-corrected chi connectivity index (χ0v) is 12.0. The monoisotopic (exact) mass is 349 g/mol. The minimum Gasteiger partial charge on any atom is -0.396 e. The van der Waals surface area contributed by atoms with E-state index in [1.807, 2.05) is 0 Å². The fourth-order valence-corrected chi connectivity index (χ4v) is 1.91. The van der Waals surface area contributed by atoms with Crippen molar-refractivity contribution in [1.29, 1.82) is 0 Å². The zero-order valence-electron chi connectivity index (χ0n) is 9.84. The van der Waals surface area contributed by atoms with Gasteiger partial charge in [0.2, 0.25) is 0 Å². The predicted octanol–water partition coefficient (Wildman–Crippen LogP) is -3.00. The molecule has 0 saturated heterocycles. The van der Waals surface area contributed by atoms with Crippen LogP contribution >= 0.6 is 0 Å². The number of benzene rings is 1. The molecule has 0 bridgehead atoms. The fraction of sp³-hybridized carbons (Fsp3) is 0.333. The summed E-state index contributed by atoms with van der Waals surface area (Å²) in [5.74, 6) is 0. The molecule has 0 radical (unpaired) electrons. The average molecular weight is 349 g/mol. The van der Waals surface area contributed by atoms with Crippen LogP contribution in [0.3, 0.4) is 0 Å². The molecule has 0 aliphatic carbocycles.